The molecule has 0 saturated carbocycles. The average Bonchev–Trinajstić information content (AvgIpc) is 3.26. The Bertz CT molecular complexity index is 1100. The van der Waals surface area contributed by atoms with Crippen LogP contribution >= 0.6 is 0 Å². The van der Waals surface area contributed by atoms with Gasteiger partial charge in [0.25, 0.3) is 11.8 Å². The topological polar surface area (TPSA) is 94.5 Å². The fourth-order valence-electron chi connectivity index (χ4n) is 3.52. The van der Waals surface area contributed by atoms with Crippen LogP contribution in [0.5, 0.6) is 0 Å². The Hall–Kier alpha value is -3.49. The molecule has 32 heavy (non-hydrogen) atoms. The van der Waals surface area contributed by atoms with Gasteiger partial charge in [0.2, 0.25) is 0 Å². The molecule has 1 aliphatic rings. The molecule has 1 atom stereocenters. The Morgan fingerprint density at radius 2 is 1.91 bits per heavy atom. The van der Waals surface area contributed by atoms with Crippen LogP contribution in [0.3, 0.4) is 0 Å². The zero-order valence-corrected chi connectivity index (χ0v) is 18.1. The van der Waals surface area contributed by atoms with Crippen molar-refractivity contribution < 1.29 is 19.1 Å². The van der Waals surface area contributed by atoms with E-state index < -0.39 is 0 Å². The molecule has 2 N–H and O–H groups in total. The van der Waals surface area contributed by atoms with Crippen molar-refractivity contribution in [3.8, 4) is 5.69 Å². The number of amides is 2. The SMILES string of the molecule is Cc1ccc(C(=O)Nc2cnn(-c3ccc(C(=O)NC[C@H]4COCCO4)cc3)c2)c(C)c1. The highest BCUT2D eigenvalue weighted by Gasteiger charge is 2.16. The largest absolute Gasteiger partial charge is 0.376 e. The van der Waals surface area contributed by atoms with Gasteiger partial charge in [0, 0.05) is 17.7 Å². The quantitative estimate of drug-likeness (QED) is 0.622. The number of aromatic nitrogens is 2. The van der Waals surface area contributed by atoms with E-state index in [0.29, 0.717) is 43.2 Å². The third-order valence-corrected chi connectivity index (χ3v) is 5.24. The predicted octanol–water partition coefficient (Wildman–Crippen LogP) is 2.89. The van der Waals surface area contributed by atoms with E-state index in [-0.39, 0.29) is 17.9 Å². The van der Waals surface area contributed by atoms with Gasteiger partial charge in [-0.15, -0.1) is 0 Å². The van der Waals surface area contributed by atoms with E-state index in [1.807, 2.05) is 32.0 Å². The summed E-state index contributed by atoms with van der Waals surface area (Å²) in [7, 11) is 0. The number of benzene rings is 2. The molecule has 2 heterocycles. The van der Waals surface area contributed by atoms with Gasteiger partial charge < -0.3 is 20.1 Å². The number of rotatable bonds is 6. The van der Waals surface area contributed by atoms with Crippen LogP contribution in [0.25, 0.3) is 5.69 Å². The first kappa shape index (κ1) is 21.7. The minimum absolute atomic E-state index is 0.117. The van der Waals surface area contributed by atoms with Crippen molar-refractivity contribution >= 4 is 17.5 Å². The van der Waals surface area contributed by atoms with Crippen molar-refractivity contribution in [3.05, 3.63) is 77.1 Å². The summed E-state index contributed by atoms with van der Waals surface area (Å²) in [6.07, 6.45) is 3.21. The lowest BCUT2D eigenvalue weighted by Gasteiger charge is -2.23. The highest BCUT2D eigenvalue weighted by Crippen LogP contribution is 2.16. The molecule has 1 fully saturated rings. The second kappa shape index (κ2) is 9.76. The van der Waals surface area contributed by atoms with Gasteiger partial charge in [-0.25, -0.2) is 4.68 Å². The molecular formula is C24H26N4O4. The molecule has 8 nitrogen and oxygen atoms in total. The minimum Gasteiger partial charge on any atom is -0.376 e. The Morgan fingerprint density at radius 3 is 2.62 bits per heavy atom. The molecule has 2 amide bonds. The summed E-state index contributed by atoms with van der Waals surface area (Å²) in [4.78, 5) is 24.9. The summed E-state index contributed by atoms with van der Waals surface area (Å²) < 4.78 is 12.5. The molecule has 8 heteroatoms. The van der Waals surface area contributed by atoms with Crippen molar-refractivity contribution in [2.75, 3.05) is 31.7 Å². The van der Waals surface area contributed by atoms with Crippen LogP contribution in [0.15, 0.2) is 54.9 Å². The second-order valence-electron chi connectivity index (χ2n) is 7.77. The fourth-order valence-corrected chi connectivity index (χ4v) is 3.52. The van der Waals surface area contributed by atoms with Gasteiger partial charge >= 0.3 is 0 Å². The Kier molecular flexibility index (Phi) is 6.63. The third kappa shape index (κ3) is 5.22. The summed E-state index contributed by atoms with van der Waals surface area (Å²) in [5.41, 5.74) is 4.57. The first-order chi connectivity index (χ1) is 15.5. The Balaban J connectivity index is 1.36. The van der Waals surface area contributed by atoms with Gasteiger partial charge in [0.15, 0.2) is 0 Å². The van der Waals surface area contributed by atoms with Crippen LogP contribution in [0.2, 0.25) is 0 Å². The van der Waals surface area contributed by atoms with Gasteiger partial charge in [-0.2, -0.15) is 5.10 Å². The van der Waals surface area contributed by atoms with E-state index in [9.17, 15) is 9.59 Å². The molecule has 0 aliphatic carbocycles. The van der Waals surface area contributed by atoms with Crippen LogP contribution in [0.4, 0.5) is 5.69 Å². The lowest BCUT2D eigenvalue weighted by molar-refractivity contribution is -0.0855. The number of nitrogens with zero attached hydrogens (tertiary/aromatic N) is 2. The zero-order valence-electron chi connectivity index (χ0n) is 18.1. The maximum atomic E-state index is 12.6. The molecule has 0 bridgehead atoms. The molecule has 1 saturated heterocycles. The van der Waals surface area contributed by atoms with Crippen LogP contribution in [-0.2, 0) is 9.47 Å². The Morgan fingerprint density at radius 1 is 1.09 bits per heavy atom. The number of carbonyl (C=O) groups is 2. The van der Waals surface area contributed by atoms with Gasteiger partial charge in [0.05, 0.1) is 49.7 Å². The lowest BCUT2D eigenvalue weighted by atomic mass is 10.1. The van der Waals surface area contributed by atoms with Crippen molar-refractivity contribution in [2.45, 2.75) is 20.0 Å². The lowest BCUT2D eigenvalue weighted by Crippen LogP contribution is -2.39. The maximum absolute atomic E-state index is 12.6. The van der Waals surface area contributed by atoms with Gasteiger partial charge in [0.1, 0.15) is 0 Å². The van der Waals surface area contributed by atoms with E-state index in [1.165, 1.54) is 0 Å². The summed E-state index contributed by atoms with van der Waals surface area (Å²) in [6.45, 7) is 5.94. The zero-order chi connectivity index (χ0) is 22.5. The molecule has 0 unspecified atom stereocenters. The van der Waals surface area contributed by atoms with Gasteiger partial charge in [-0.3, -0.25) is 9.59 Å². The smallest absolute Gasteiger partial charge is 0.256 e. The average molecular weight is 434 g/mol. The van der Waals surface area contributed by atoms with Gasteiger partial charge in [-0.1, -0.05) is 17.7 Å². The number of nitrogens with one attached hydrogen (secondary N) is 2. The molecule has 0 spiro atoms. The second-order valence-corrected chi connectivity index (χ2v) is 7.77. The minimum atomic E-state index is -0.179. The van der Waals surface area contributed by atoms with E-state index in [1.54, 1.807) is 41.3 Å². The van der Waals surface area contributed by atoms with Crippen LogP contribution in [0.1, 0.15) is 31.8 Å². The molecule has 1 aliphatic heterocycles. The summed E-state index contributed by atoms with van der Waals surface area (Å²) in [5.74, 6) is -0.353. The maximum Gasteiger partial charge on any atom is 0.256 e. The summed E-state index contributed by atoms with van der Waals surface area (Å²) in [5, 5.41) is 10.1. The Labute approximate surface area is 186 Å². The van der Waals surface area contributed by atoms with E-state index >= 15 is 0 Å². The molecular weight excluding hydrogens is 408 g/mol. The first-order valence-corrected chi connectivity index (χ1v) is 10.5. The third-order valence-electron chi connectivity index (χ3n) is 5.24. The highest BCUT2D eigenvalue weighted by molar-refractivity contribution is 6.05. The number of hydrogen-bond donors (Lipinski definition) is 2. The predicted molar refractivity (Wildman–Crippen MR) is 120 cm³/mol. The van der Waals surface area contributed by atoms with E-state index in [0.717, 1.165) is 16.8 Å². The molecule has 3 aromatic rings. The number of hydrogen-bond acceptors (Lipinski definition) is 5. The summed E-state index contributed by atoms with van der Waals surface area (Å²) >= 11 is 0. The normalized spacial score (nSPS) is 15.9. The molecule has 2 aromatic carbocycles. The van der Waals surface area contributed by atoms with Gasteiger partial charge in [-0.05, 0) is 49.7 Å². The van der Waals surface area contributed by atoms with Crippen LogP contribution < -0.4 is 10.6 Å². The first-order valence-electron chi connectivity index (χ1n) is 10.5. The van der Waals surface area contributed by atoms with Crippen molar-refractivity contribution in [2.24, 2.45) is 0 Å². The van der Waals surface area contributed by atoms with Crippen molar-refractivity contribution in [1.82, 2.24) is 15.1 Å². The van der Waals surface area contributed by atoms with Crippen molar-refractivity contribution in [1.29, 1.82) is 0 Å². The van der Waals surface area contributed by atoms with Crippen molar-refractivity contribution in [3.63, 3.8) is 0 Å². The standard InChI is InChI=1S/C24H26N4O4/c1-16-3-8-22(17(2)11-16)24(30)27-19-12-26-28(14-19)20-6-4-18(5-7-20)23(29)25-13-21-15-31-9-10-32-21/h3-8,11-12,14,21H,9-10,13,15H2,1-2H3,(H,25,29)(H,27,30)/t21-/m0/s1. The van der Waals surface area contributed by atoms with Crippen LogP contribution in [-0.4, -0.2) is 54.1 Å². The van der Waals surface area contributed by atoms with E-state index in [4.69, 9.17) is 9.47 Å². The monoisotopic (exact) mass is 434 g/mol. The summed E-state index contributed by atoms with van der Waals surface area (Å²) in [6, 6.07) is 12.8. The fraction of sp³-hybridized carbons (Fsp3) is 0.292. The number of aryl methyl sites for hydroxylation is 2. The molecule has 1 aromatic heterocycles. The van der Waals surface area contributed by atoms with Crippen LogP contribution in [0, 0.1) is 13.8 Å². The number of carbonyl (C=O) groups excluding carboxylic acids is 2. The van der Waals surface area contributed by atoms with E-state index in [2.05, 4.69) is 15.7 Å². The molecule has 4 rings (SSSR count). The molecule has 166 valence electrons. The number of ether oxygens (including phenoxy) is 2. The molecule has 0 radical (unpaired) electrons. The highest BCUT2D eigenvalue weighted by atomic mass is 16.6. The number of anilines is 1.